The molecule has 16 heavy (non-hydrogen) atoms. The molecule has 0 aliphatic heterocycles. The second-order valence-electron chi connectivity index (χ2n) is 4.25. The molecule has 1 aromatic carbocycles. The van der Waals surface area contributed by atoms with Crippen LogP contribution in [0, 0.1) is 6.92 Å². The molecule has 0 spiro atoms. The number of anilines is 1. The van der Waals surface area contributed by atoms with Gasteiger partial charge in [0, 0.05) is 17.3 Å². The topological polar surface area (TPSA) is 38.0 Å². The molecule has 3 heteroatoms. The van der Waals surface area contributed by atoms with E-state index in [2.05, 4.69) is 31.3 Å². The zero-order valence-corrected chi connectivity index (χ0v) is 11.0. The fourth-order valence-corrected chi connectivity index (χ4v) is 1.93. The van der Waals surface area contributed by atoms with Crippen LogP contribution in [0.1, 0.15) is 37.8 Å². The maximum Gasteiger partial charge on any atom is 0.106 e. The summed E-state index contributed by atoms with van der Waals surface area (Å²) in [5.74, 6) is 0. The minimum absolute atomic E-state index is 0.445. The number of hydrogen-bond donors (Lipinski definition) is 2. The Balaban J connectivity index is 2.90. The lowest BCUT2D eigenvalue weighted by molar-refractivity contribution is 0.690. The van der Waals surface area contributed by atoms with Crippen molar-refractivity contribution >= 4 is 22.9 Å². The molecule has 0 aliphatic carbocycles. The lowest BCUT2D eigenvalue weighted by Crippen LogP contribution is -2.19. The van der Waals surface area contributed by atoms with Crippen molar-refractivity contribution < 1.29 is 0 Å². The molecule has 3 N–H and O–H groups in total. The summed E-state index contributed by atoms with van der Waals surface area (Å²) >= 11 is 5.06. The largest absolute Gasteiger partial charge is 0.389 e. The molecule has 0 fully saturated rings. The third kappa shape index (κ3) is 3.49. The molecule has 0 saturated heterocycles. The normalized spacial score (nSPS) is 12.2. The molecule has 1 atom stereocenters. The van der Waals surface area contributed by atoms with Crippen LogP contribution in [0.15, 0.2) is 18.2 Å². The van der Waals surface area contributed by atoms with E-state index >= 15 is 0 Å². The Labute approximate surface area is 103 Å². The van der Waals surface area contributed by atoms with E-state index in [4.69, 9.17) is 18.0 Å². The highest BCUT2D eigenvalue weighted by Gasteiger charge is 2.07. The summed E-state index contributed by atoms with van der Waals surface area (Å²) in [6, 6.07) is 6.60. The minimum atomic E-state index is 0.445. The van der Waals surface area contributed by atoms with Gasteiger partial charge in [-0.3, -0.25) is 0 Å². The van der Waals surface area contributed by atoms with Gasteiger partial charge in [-0.25, -0.2) is 0 Å². The minimum Gasteiger partial charge on any atom is -0.389 e. The van der Waals surface area contributed by atoms with Gasteiger partial charge in [-0.05, 0) is 32.4 Å². The predicted molar refractivity (Wildman–Crippen MR) is 75.1 cm³/mol. The molecule has 0 aliphatic rings. The third-order valence-electron chi connectivity index (χ3n) is 2.56. The molecule has 88 valence electrons. The van der Waals surface area contributed by atoms with Crippen LogP contribution < -0.4 is 11.1 Å². The van der Waals surface area contributed by atoms with Crippen molar-refractivity contribution in [3.05, 3.63) is 29.3 Å². The molecule has 2 nitrogen and oxygen atoms in total. The Morgan fingerprint density at radius 2 is 2.19 bits per heavy atom. The van der Waals surface area contributed by atoms with Gasteiger partial charge in [0.25, 0.3) is 0 Å². The first kappa shape index (κ1) is 13.0. The van der Waals surface area contributed by atoms with Crippen LogP contribution in [0.2, 0.25) is 0 Å². The van der Waals surface area contributed by atoms with Gasteiger partial charge >= 0.3 is 0 Å². The van der Waals surface area contributed by atoms with Crippen LogP contribution >= 0.6 is 12.2 Å². The van der Waals surface area contributed by atoms with E-state index in [9.17, 15) is 0 Å². The smallest absolute Gasteiger partial charge is 0.106 e. The van der Waals surface area contributed by atoms with Crippen molar-refractivity contribution in [3.8, 4) is 0 Å². The summed E-state index contributed by atoms with van der Waals surface area (Å²) in [6.45, 7) is 6.40. The van der Waals surface area contributed by atoms with Crippen LogP contribution in [-0.4, -0.2) is 11.0 Å². The zero-order chi connectivity index (χ0) is 12.1. The van der Waals surface area contributed by atoms with E-state index in [1.54, 1.807) is 0 Å². The second-order valence-corrected chi connectivity index (χ2v) is 4.69. The Morgan fingerprint density at radius 3 is 2.75 bits per heavy atom. The first-order valence-electron chi connectivity index (χ1n) is 5.71. The summed E-state index contributed by atoms with van der Waals surface area (Å²) in [7, 11) is 0. The Kier molecular flexibility index (Phi) is 4.74. The van der Waals surface area contributed by atoms with E-state index in [-0.39, 0.29) is 0 Å². The molecule has 0 heterocycles. The number of hydrogen-bond acceptors (Lipinski definition) is 2. The summed E-state index contributed by atoms with van der Waals surface area (Å²) in [4.78, 5) is 0.454. The molecule has 0 radical (unpaired) electrons. The van der Waals surface area contributed by atoms with Gasteiger partial charge in [-0.2, -0.15) is 0 Å². The average molecular weight is 236 g/mol. The van der Waals surface area contributed by atoms with E-state index in [1.807, 2.05) is 13.0 Å². The second kappa shape index (κ2) is 5.85. The van der Waals surface area contributed by atoms with E-state index in [0.29, 0.717) is 11.0 Å². The summed E-state index contributed by atoms with van der Waals surface area (Å²) in [5, 5.41) is 3.45. The number of thiocarbonyl (C=S) groups is 1. The van der Waals surface area contributed by atoms with E-state index < -0.39 is 0 Å². The van der Waals surface area contributed by atoms with Crippen LogP contribution in [0.4, 0.5) is 5.69 Å². The maximum atomic E-state index is 5.72. The van der Waals surface area contributed by atoms with Crippen molar-refractivity contribution in [2.45, 2.75) is 39.7 Å². The molecule has 1 rings (SSSR count). The van der Waals surface area contributed by atoms with Crippen LogP contribution in [0.5, 0.6) is 0 Å². The molecule has 0 bridgehead atoms. The standard InChI is InChI=1S/C13H20N2S/c1-4-5-10(3)15-12-7-6-9(2)8-11(12)13(14)16/h6-8,10,15H,4-5H2,1-3H3,(H2,14,16). The van der Waals surface area contributed by atoms with Gasteiger partial charge in [0.05, 0.1) is 0 Å². The molecule has 0 aromatic heterocycles. The Bertz CT molecular complexity index is 374. The first-order valence-corrected chi connectivity index (χ1v) is 6.12. The highest BCUT2D eigenvalue weighted by atomic mass is 32.1. The molecular weight excluding hydrogens is 216 g/mol. The Morgan fingerprint density at radius 1 is 1.50 bits per heavy atom. The predicted octanol–water partition coefficient (Wildman–Crippen LogP) is 3.23. The summed E-state index contributed by atoms with van der Waals surface area (Å²) < 4.78 is 0. The molecular formula is C13H20N2S. The molecule has 0 amide bonds. The number of nitrogens with one attached hydrogen (secondary N) is 1. The molecule has 0 saturated carbocycles. The van der Waals surface area contributed by atoms with Gasteiger partial charge in [0.1, 0.15) is 4.99 Å². The monoisotopic (exact) mass is 236 g/mol. The van der Waals surface area contributed by atoms with Crippen molar-refractivity contribution in [1.82, 2.24) is 0 Å². The lowest BCUT2D eigenvalue weighted by atomic mass is 10.1. The maximum absolute atomic E-state index is 5.72. The van der Waals surface area contributed by atoms with Crippen LogP contribution in [0.3, 0.4) is 0 Å². The van der Waals surface area contributed by atoms with Crippen molar-refractivity contribution in [2.24, 2.45) is 5.73 Å². The number of benzene rings is 1. The lowest BCUT2D eigenvalue weighted by Gasteiger charge is -2.17. The number of aryl methyl sites for hydroxylation is 1. The van der Waals surface area contributed by atoms with Gasteiger partial charge in [-0.1, -0.05) is 37.2 Å². The van der Waals surface area contributed by atoms with Gasteiger partial charge in [0.15, 0.2) is 0 Å². The van der Waals surface area contributed by atoms with Crippen LogP contribution in [0.25, 0.3) is 0 Å². The third-order valence-corrected chi connectivity index (χ3v) is 2.78. The number of rotatable bonds is 5. The fraction of sp³-hybridized carbons (Fsp3) is 0.462. The highest BCUT2D eigenvalue weighted by Crippen LogP contribution is 2.19. The zero-order valence-electron chi connectivity index (χ0n) is 10.2. The average Bonchev–Trinajstić information content (AvgIpc) is 2.20. The molecule has 1 unspecified atom stereocenters. The van der Waals surface area contributed by atoms with E-state index in [0.717, 1.165) is 17.7 Å². The highest BCUT2D eigenvalue weighted by molar-refractivity contribution is 7.80. The summed E-state index contributed by atoms with van der Waals surface area (Å²) in [5.41, 5.74) is 8.89. The van der Waals surface area contributed by atoms with Crippen LogP contribution in [-0.2, 0) is 0 Å². The van der Waals surface area contributed by atoms with Crippen molar-refractivity contribution in [1.29, 1.82) is 0 Å². The van der Waals surface area contributed by atoms with Crippen molar-refractivity contribution in [2.75, 3.05) is 5.32 Å². The Hall–Kier alpha value is -1.09. The van der Waals surface area contributed by atoms with Gasteiger partial charge < -0.3 is 11.1 Å². The fourth-order valence-electron chi connectivity index (χ4n) is 1.76. The van der Waals surface area contributed by atoms with Gasteiger partial charge in [-0.15, -0.1) is 0 Å². The number of nitrogens with two attached hydrogens (primary N) is 1. The SMILES string of the molecule is CCCC(C)Nc1ccc(C)cc1C(N)=S. The quantitative estimate of drug-likeness (QED) is 0.771. The van der Waals surface area contributed by atoms with Crippen molar-refractivity contribution in [3.63, 3.8) is 0 Å². The molecule has 1 aromatic rings. The van der Waals surface area contributed by atoms with E-state index in [1.165, 1.54) is 12.0 Å². The first-order chi connectivity index (χ1) is 7.54. The summed E-state index contributed by atoms with van der Waals surface area (Å²) in [6.07, 6.45) is 2.31. The van der Waals surface area contributed by atoms with Gasteiger partial charge in [0.2, 0.25) is 0 Å².